The molecule has 0 spiro atoms. The fourth-order valence-electron chi connectivity index (χ4n) is 2.09. The zero-order valence-electron chi connectivity index (χ0n) is 10.8. The van der Waals surface area contributed by atoms with Gasteiger partial charge in [-0.15, -0.1) is 0 Å². The van der Waals surface area contributed by atoms with E-state index in [1.54, 1.807) is 0 Å². The number of carbonyl (C=O) groups excluding carboxylic acids is 1. The van der Waals surface area contributed by atoms with E-state index in [4.69, 9.17) is 4.74 Å². The van der Waals surface area contributed by atoms with Gasteiger partial charge in [-0.05, 0) is 38.0 Å². The maximum atomic E-state index is 12.4. The van der Waals surface area contributed by atoms with Crippen molar-refractivity contribution in [3.05, 3.63) is 33.8 Å². The first kappa shape index (κ1) is 13.6. The van der Waals surface area contributed by atoms with Gasteiger partial charge in [0.25, 0.3) is 5.91 Å². The van der Waals surface area contributed by atoms with Crippen LogP contribution >= 0.6 is 15.9 Å². The second-order valence-electron chi connectivity index (χ2n) is 4.75. The summed E-state index contributed by atoms with van der Waals surface area (Å²) in [6.45, 7) is 6.21. The lowest BCUT2D eigenvalue weighted by molar-refractivity contribution is 0.0562. The quantitative estimate of drug-likeness (QED) is 0.798. The Kier molecular flexibility index (Phi) is 4.40. The number of amides is 1. The van der Waals surface area contributed by atoms with Gasteiger partial charge >= 0.3 is 0 Å². The normalized spacial score (nSPS) is 20.6. The first-order chi connectivity index (χ1) is 8.58. The number of halogens is 1. The van der Waals surface area contributed by atoms with E-state index in [0.717, 1.165) is 35.2 Å². The Labute approximate surface area is 116 Å². The van der Waals surface area contributed by atoms with E-state index in [-0.39, 0.29) is 12.0 Å². The predicted octanol–water partition coefficient (Wildman–Crippen LogP) is 3.01. The molecule has 1 unspecified atom stereocenters. The largest absolute Gasteiger partial charge is 0.377 e. The lowest BCUT2D eigenvalue weighted by atomic mass is 10.1. The van der Waals surface area contributed by atoms with Gasteiger partial charge in [0.05, 0.1) is 6.10 Å². The third-order valence-corrected chi connectivity index (χ3v) is 4.01. The Morgan fingerprint density at radius 2 is 2.28 bits per heavy atom. The molecular weight excluding hydrogens is 294 g/mol. The Bertz CT molecular complexity index is 447. The van der Waals surface area contributed by atoms with Crippen molar-refractivity contribution in [2.24, 2.45) is 0 Å². The average Bonchev–Trinajstić information content (AvgIpc) is 2.56. The highest BCUT2D eigenvalue weighted by Crippen LogP contribution is 2.19. The maximum Gasteiger partial charge on any atom is 0.253 e. The molecule has 98 valence electrons. The van der Waals surface area contributed by atoms with Crippen LogP contribution in [0.2, 0.25) is 0 Å². The molecular formula is C14H18BrNO2. The number of nitrogens with zero attached hydrogens (tertiary/aromatic N) is 1. The molecule has 1 aromatic rings. The zero-order chi connectivity index (χ0) is 13.1. The molecule has 1 amide bonds. The lowest BCUT2D eigenvalue weighted by Gasteiger charge is -2.22. The van der Waals surface area contributed by atoms with Crippen molar-refractivity contribution in [3.8, 4) is 0 Å². The van der Waals surface area contributed by atoms with Gasteiger partial charge in [-0.2, -0.15) is 0 Å². The minimum atomic E-state index is 0.0908. The zero-order valence-corrected chi connectivity index (χ0v) is 12.4. The molecule has 3 nitrogen and oxygen atoms in total. The molecule has 0 aliphatic carbocycles. The third kappa shape index (κ3) is 3.12. The molecule has 4 heteroatoms. The predicted molar refractivity (Wildman–Crippen MR) is 74.8 cm³/mol. The third-order valence-electron chi connectivity index (χ3n) is 3.16. The average molecular weight is 312 g/mol. The smallest absolute Gasteiger partial charge is 0.253 e. The van der Waals surface area contributed by atoms with Crippen molar-refractivity contribution in [1.29, 1.82) is 0 Å². The molecule has 1 aromatic carbocycles. The van der Waals surface area contributed by atoms with Crippen LogP contribution in [0.3, 0.4) is 0 Å². The van der Waals surface area contributed by atoms with E-state index in [9.17, 15) is 4.79 Å². The molecule has 1 saturated heterocycles. The number of hydrogen-bond acceptors (Lipinski definition) is 2. The van der Waals surface area contributed by atoms with Crippen molar-refractivity contribution in [3.63, 3.8) is 0 Å². The molecule has 0 aromatic heterocycles. The van der Waals surface area contributed by atoms with Crippen LogP contribution in [0.4, 0.5) is 0 Å². The summed E-state index contributed by atoms with van der Waals surface area (Å²) in [6, 6.07) is 5.75. The highest BCUT2D eigenvalue weighted by atomic mass is 79.9. The van der Waals surface area contributed by atoms with Gasteiger partial charge < -0.3 is 9.64 Å². The van der Waals surface area contributed by atoms with E-state index >= 15 is 0 Å². The van der Waals surface area contributed by atoms with Crippen LogP contribution in [-0.4, -0.2) is 36.6 Å². The highest BCUT2D eigenvalue weighted by Gasteiger charge is 2.21. The van der Waals surface area contributed by atoms with Gasteiger partial charge in [0.2, 0.25) is 0 Å². The number of rotatable bonds is 1. The standard InChI is InChI=1S/C14H18BrNO2/c1-10-4-5-12(8-13(10)15)14(17)16-6-3-7-18-11(2)9-16/h4-5,8,11H,3,6-7,9H2,1-2H3. The van der Waals surface area contributed by atoms with Gasteiger partial charge in [0, 0.05) is 29.7 Å². The van der Waals surface area contributed by atoms with Crippen LogP contribution in [-0.2, 0) is 4.74 Å². The van der Waals surface area contributed by atoms with Crippen LogP contribution in [0.15, 0.2) is 22.7 Å². The summed E-state index contributed by atoms with van der Waals surface area (Å²) in [5, 5.41) is 0. The molecule has 1 aliphatic heterocycles. The van der Waals surface area contributed by atoms with Crippen LogP contribution in [0.1, 0.15) is 29.3 Å². The summed E-state index contributed by atoms with van der Waals surface area (Å²) >= 11 is 3.47. The number of carbonyl (C=O) groups is 1. The first-order valence-corrected chi connectivity index (χ1v) is 7.04. The van der Waals surface area contributed by atoms with Gasteiger partial charge in [0.15, 0.2) is 0 Å². The van der Waals surface area contributed by atoms with Crippen molar-refractivity contribution >= 4 is 21.8 Å². The number of hydrogen-bond donors (Lipinski definition) is 0. The Morgan fingerprint density at radius 1 is 1.50 bits per heavy atom. The monoisotopic (exact) mass is 311 g/mol. The summed E-state index contributed by atoms with van der Waals surface area (Å²) in [5.74, 6) is 0.0908. The van der Waals surface area contributed by atoms with E-state index in [1.807, 2.05) is 36.9 Å². The van der Waals surface area contributed by atoms with Gasteiger partial charge in [-0.3, -0.25) is 4.79 Å². The number of ether oxygens (including phenoxy) is 1. The van der Waals surface area contributed by atoms with Gasteiger partial charge in [-0.25, -0.2) is 0 Å². The Morgan fingerprint density at radius 3 is 3.00 bits per heavy atom. The van der Waals surface area contributed by atoms with Crippen molar-refractivity contribution in [1.82, 2.24) is 4.90 Å². The van der Waals surface area contributed by atoms with Gasteiger partial charge in [0.1, 0.15) is 0 Å². The Hall–Kier alpha value is -0.870. The molecule has 0 bridgehead atoms. The van der Waals surface area contributed by atoms with Crippen molar-refractivity contribution in [2.45, 2.75) is 26.4 Å². The molecule has 1 fully saturated rings. The number of aryl methyl sites for hydroxylation is 1. The SMILES string of the molecule is Cc1ccc(C(=O)N2CCCOC(C)C2)cc1Br. The second kappa shape index (κ2) is 5.85. The molecule has 1 heterocycles. The highest BCUT2D eigenvalue weighted by molar-refractivity contribution is 9.10. The molecule has 1 atom stereocenters. The fraction of sp³-hybridized carbons (Fsp3) is 0.500. The van der Waals surface area contributed by atoms with E-state index < -0.39 is 0 Å². The summed E-state index contributed by atoms with van der Waals surface area (Å²) in [4.78, 5) is 14.3. The topological polar surface area (TPSA) is 29.5 Å². The van der Waals surface area contributed by atoms with E-state index in [1.165, 1.54) is 0 Å². The molecule has 0 N–H and O–H groups in total. The maximum absolute atomic E-state index is 12.4. The van der Waals surface area contributed by atoms with Crippen LogP contribution in [0.25, 0.3) is 0 Å². The van der Waals surface area contributed by atoms with E-state index in [2.05, 4.69) is 15.9 Å². The molecule has 0 saturated carbocycles. The molecule has 0 radical (unpaired) electrons. The fourth-order valence-corrected chi connectivity index (χ4v) is 2.47. The van der Waals surface area contributed by atoms with Crippen molar-refractivity contribution in [2.75, 3.05) is 19.7 Å². The summed E-state index contributed by atoms with van der Waals surface area (Å²) in [7, 11) is 0. The van der Waals surface area contributed by atoms with Crippen molar-refractivity contribution < 1.29 is 9.53 Å². The first-order valence-electron chi connectivity index (χ1n) is 6.25. The van der Waals surface area contributed by atoms with Gasteiger partial charge in [-0.1, -0.05) is 22.0 Å². The van der Waals surface area contributed by atoms with E-state index in [0.29, 0.717) is 6.54 Å². The molecule has 18 heavy (non-hydrogen) atoms. The lowest BCUT2D eigenvalue weighted by Crippen LogP contribution is -2.35. The minimum absolute atomic E-state index is 0.0908. The van der Waals surface area contributed by atoms with Crippen LogP contribution in [0.5, 0.6) is 0 Å². The molecule has 2 rings (SSSR count). The number of benzene rings is 1. The summed E-state index contributed by atoms with van der Waals surface area (Å²) in [6.07, 6.45) is 1.02. The Balaban J connectivity index is 2.16. The minimum Gasteiger partial charge on any atom is -0.377 e. The second-order valence-corrected chi connectivity index (χ2v) is 5.60. The van der Waals surface area contributed by atoms with Crippen LogP contribution < -0.4 is 0 Å². The molecule has 1 aliphatic rings. The summed E-state index contributed by atoms with van der Waals surface area (Å²) < 4.78 is 6.54. The van der Waals surface area contributed by atoms with Crippen LogP contribution in [0, 0.1) is 6.92 Å². The summed E-state index contributed by atoms with van der Waals surface area (Å²) in [5.41, 5.74) is 1.88.